The highest BCUT2D eigenvalue weighted by Crippen LogP contribution is 2.21. The molecular weight excluding hydrogens is 381 g/mol. The first kappa shape index (κ1) is 22.5. The van der Waals surface area contributed by atoms with Crippen LogP contribution in [-0.2, 0) is 0 Å². The number of ether oxygens (including phenoxy) is 1. The van der Waals surface area contributed by atoms with Gasteiger partial charge in [-0.2, -0.15) is 4.98 Å². The maximum Gasteiger partial charge on any atom is 0.217 e. The highest BCUT2D eigenvalue weighted by atomic mass is 35.5. The number of benzene rings is 1. The third-order valence-electron chi connectivity index (χ3n) is 4.80. The van der Waals surface area contributed by atoms with E-state index in [1.54, 1.807) is 18.2 Å². The number of hydrogen-bond acceptors (Lipinski definition) is 5. The van der Waals surface area contributed by atoms with Gasteiger partial charge in [0.25, 0.3) is 0 Å². The van der Waals surface area contributed by atoms with Crippen LogP contribution in [0.25, 0.3) is 11.3 Å². The molecular formula is C21H29ClFN3O2. The lowest BCUT2D eigenvalue weighted by molar-refractivity contribution is 0.0893. The average Bonchev–Trinajstić information content (AvgIpc) is 2.66. The van der Waals surface area contributed by atoms with Crippen LogP contribution in [0.3, 0.4) is 0 Å². The van der Waals surface area contributed by atoms with Gasteiger partial charge in [0.05, 0.1) is 18.4 Å². The zero-order chi connectivity index (χ0) is 19.1. The zero-order valence-corrected chi connectivity index (χ0v) is 17.1. The molecule has 1 unspecified atom stereocenters. The molecule has 1 aliphatic rings. The number of aliphatic hydroxyl groups is 1. The van der Waals surface area contributed by atoms with Crippen molar-refractivity contribution in [3.63, 3.8) is 0 Å². The van der Waals surface area contributed by atoms with E-state index in [0.29, 0.717) is 30.4 Å². The monoisotopic (exact) mass is 409 g/mol. The molecule has 5 nitrogen and oxygen atoms in total. The Kier molecular flexibility index (Phi) is 9.09. The van der Waals surface area contributed by atoms with Gasteiger partial charge in [-0.25, -0.2) is 9.37 Å². The number of aryl methyl sites for hydroxylation is 1. The fourth-order valence-electron chi connectivity index (χ4n) is 3.41. The maximum atomic E-state index is 13.1. The molecule has 0 amide bonds. The van der Waals surface area contributed by atoms with Crippen LogP contribution in [0.15, 0.2) is 30.3 Å². The van der Waals surface area contributed by atoms with Crippen molar-refractivity contribution in [3.8, 4) is 17.1 Å². The van der Waals surface area contributed by atoms with Gasteiger partial charge in [-0.1, -0.05) is 6.42 Å². The molecule has 1 atom stereocenters. The summed E-state index contributed by atoms with van der Waals surface area (Å²) in [6.07, 6.45) is 4.95. The van der Waals surface area contributed by atoms with Crippen molar-refractivity contribution in [2.45, 2.75) is 45.1 Å². The minimum Gasteiger partial charge on any atom is -0.478 e. The Morgan fingerprint density at radius 2 is 1.86 bits per heavy atom. The SMILES string of the molecule is Cc1nc(OCCCC(O)CN2CCCCC2)cc(-c2ccc(F)cc2)n1.Cl. The van der Waals surface area contributed by atoms with E-state index in [1.165, 1.54) is 31.4 Å². The van der Waals surface area contributed by atoms with Gasteiger partial charge < -0.3 is 14.7 Å². The van der Waals surface area contributed by atoms with E-state index in [0.717, 1.165) is 31.6 Å². The van der Waals surface area contributed by atoms with E-state index in [1.807, 2.05) is 6.92 Å². The Morgan fingerprint density at radius 1 is 1.14 bits per heavy atom. The summed E-state index contributed by atoms with van der Waals surface area (Å²) in [5, 5.41) is 10.2. The lowest BCUT2D eigenvalue weighted by Crippen LogP contribution is -2.36. The largest absolute Gasteiger partial charge is 0.478 e. The lowest BCUT2D eigenvalue weighted by atomic mass is 10.1. The highest BCUT2D eigenvalue weighted by molar-refractivity contribution is 5.85. The summed E-state index contributed by atoms with van der Waals surface area (Å²) in [5.41, 5.74) is 1.53. The maximum absolute atomic E-state index is 13.1. The van der Waals surface area contributed by atoms with Crippen molar-refractivity contribution < 1.29 is 14.2 Å². The van der Waals surface area contributed by atoms with Crippen LogP contribution in [0.1, 0.15) is 37.9 Å². The molecule has 0 radical (unpaired) electrons. The second-order valence-electron chi connectivity index (χ2n) is 7.15. The van der Waals surface area contributed by atoms with Crippen LogP contribution in [0, 0.1) is 12.7 Å². The summed E-state index contributed by atoms with van der Waals surface area (Å²) in [6.45, 7) is 5.25. The summed E-state index contributed by atoms with van der Waals surface area (Å²) in [6, 6.07) is 7.98. The number of halogens is 2. The molecule has 2 heterocycles. The van der Waals surface area contributed by atoms with E-state index < -0.39 is 0 Å². The molecule has 1 aromatic carbocycles. The van der Waals surface area contributed by atoms with E-state index in [9.17, 15) is 9.50 Å². The number of aliphatic hydroxyl groups excluding tert-OH is 1. The minimum absolute atomic E-state index is 0. The number of hydrogen-bond donors (Lipinski definition) is 1. The summed E-state index contributed by atoms with van der Waals surface area (Å²) in [5.74, 6) is 0.841. The Hall–Kier alpha value is -1.76. The summed E-state index contributed by atoms with van der Waals surface area (Å²) < 4.78 is 18.9. The second-order valence-corrected chi connectivity index (χ2v) is 7.15. The molecule has 1 fully saturated rings. The molecule has 0 aliphatic carbocycles. The Labute approximate surface area is 172 Å². The fraction of sp³-hybridized carbons (Fsp3) is 0.524. The molecule has 0 spiro atoms. The first-order valence-corrected chi connectivity index (χ1v) is 9.75. The standard InChI is InChI=1S/C21H28FN3O2.ClH/c1-16-23-20(17-7-9-18(22)10-8-17)14-21(24-16)27-13-5-6-19(26)15-25-11-3-2-4-12-25;/h7-10,14,19,26H,2-6,11-13,15H2,1H3;1H. The molecule has 3 rings (SSSR count). The Bertz CT molecular complexity index is 724. The number of likely N-dealkylation sites (tertiary alicyclic amines) is 1. The summed E-state index contributed by atoms with van der Waals surface area (Å²) in [7, 11) is 0. The second kappa shape index (κ2) is 11.3. The Balaban J connectivity index is 0.00000280. The number of nitrogens with zero attached hydrogens (tertiary/aromatic N) is 3. The minimum atomic E-state index is -0.311. The molecule has 1 saturated heterocycles. The van der Waals surface area contributed by atoms with Crippen LogP contribution in [0.5, 0.6) is 5.88 Å². The Morgan fingerprint density at radius 3 is 2.57 bits per heavy atom. The first-order valence-electron chi connectivity index (χ1n) is 9.75. The summed E-state index contributed by atoms with van der Waals surface area (Å²) >= 11 is 0. The van der Waals surface area contributed by atoms with Crippen molar-refractivity contribution in [1.29, 1.82) is 0 Å². The van der Waals surface area contributed by atoms with Gasteiger partial charge in [-0.3, -0.25) is 0 Å². The van der Waals surface area contributed by atoms with Gasteiger partial charge >= 0.3 is 0 Å². The molecule has 1 N–H and O–H groups in total. The van der Waals surface area contributed by atoms with Crippen LogP contribution in [0.2, 0.25) is 0 Å². The van der Waals surface area contributed by atoms with Crippen LogP contribution in [-0.4, -0.2) is 52.3 Å². The molecule has 0 bridgehead atoms. The van der Waals surface area contributed by atoms with Gasteiger partial charge in [0.2, 0.25) is 5.88 Å². The number of piperidine rings is 1. The van der Waals surface area contributed by atoms with Gasteiger partial charge in [-0.15, -0.1) is 12.4 Å². The van der Waals surface area contributed by atoms with Gasteiger partial charge in [0.1, 0.15) is 11.6 Å². The molecule has 28 heavy (non-hydrogen) atoms. The highest BCUT2D eigenvalue weighted by Gasteiger charge is 2.14. The average molecular weight is 410 g/mol. The van der Waals surface area contributed by atoms with Crippen molar-refractivity contribution in [2.75, 3.05) is 26.2 Å². The van der Waals surface area contributed by atoms with Crippen molar-refractivity contribution in [1.82, 2.24) is 14.9 Å². The summed E-state index contributed by atoms with van der Waals surface area (Å²) in [4.78, 5) is 11.1. The molecule has 1 aliphatic heterocycles. The van der Waals surface area contributed by atoms with E-state index >= 15 is 0 Å². The van der Waals surface area contributed by atoms with Gasteiger partial charge in [0.15, 0.2) is 0 Å². The third kappa shape index (κ3) is 7.00. The number of rotatable bonds is 8. The van der Waals surface area contributed by atoms with E-state index in [-0.39, 0.29) is 24.3 Å². The molecule has 7 heteroatoms. The predicted octanol–water partition coefficient (Wildman–Crippen LogP) is 4.02. The fourth-order valence-corrected chi connectivity index (χ4v) is 3.41. The van der Waals surface area contributed by atoms with Crippen LogP contribution < -0.4 is 4.74 Å². The van der Waals surface area contributed by atoms with Crippen molar-refractivity contribution in [2.24, 2.45) is 0 Å². The predicted molar refractivity (Wildman–Crippen MR) is 110 cm³/mol. The topological polar surface area (TPSA) is 58.5 Å². The lowest BCUT2D eigenvalue weighted by Gasteiger charge is -2.28. The molecule has 2 aromatic rings. The van der Waals surface area contributed by atoms with E-state index in [4.69, 9.17) is 4.74 Å². The van der Waals surface area contributed by atoms with E-state index in [2.05, 4.69) is 14.9 Å². The zero-order valence-electron chi connectivity index (χ0n) is 16.3. The molecule has 0 saturated carbocycles. The molecule has 1 aromatic heterocycles. The first-order chi connectivity index (χ1) is 13.1. The quantitative estimate of drug-likeness (QED) is 0.667. The van der Waals surface area contributed by atoms with Gasteiger partial charge in [-0.05, 0) is 70.0 Å². The normalized spacial score (nSPS) is 15.7. The van der Waals surface area contributed by atoms with Crippen molar-refractivity contribution in [3.05, 3.63) is 42.0 Å². The molecule has 154 valence electrons. The van der Waals surface area contributed by atoms with Crippen LogP contribution in [0.4, 0.5) is 4.39 Å². The van der Waals surface area contributed by atoms with Crippen molar-refractivity contribution >= 4 is 12.4 Å². The van der Waals surface area contributed by atoms with Crippen LogP contribution >= 0.6 is 12.4 Å². The third-order valence-corrected chi connectivity index (χ3v) is 4.80. The number of β-amino-alcohol motifs (C(OH)–C–C–N with tert-alkyl or cyclic N) is 1. The number of aromatic nitrogens is 2. The van der Waals surface area contributed by atoms with Gasteiger partial charge in [0, 0.05) is 18.2 Å². The smallest absolute Gasteiger partial charge is 0.217 e.